The molecule has 0 saturated heterocycles. The average Bonchev–Trinajstić information content (AvgIpc) is 2.10. The van der Waals surface area contributed by atoms with Crippen molar-refractivity contribution >= 4 is 11.8 Å². The maximum Gasteiger partial charge on any atom is 0.242 e. The molecular formula is C9H18N2O3. The zero-order valence-corrected chi connectivity index (χ0v) is 8.62. The monoisotopic (exact) mass is 202 g/mol. The first-order chi connectivity index (χ1) is 6.47. The Balaban J connectivity index is 3.85. The van der Waals surface area contributed by atoms with Gasteiger partial charge in [-0.05, 0) is 12.3 Å². The van der Waals surface area contributed by atoms with Crippen LogP contribution in [0.2, 0.25) is 0 Å². The smallest absolute Gasteiger partial charge is 0.242 e. The average molecular weight is 202 g/mol. The van der Waals surface area contributed by atoms with Crippen LogP contribution >= 0.6 is 0 Å². The summed E-state index contributed by atoms with van der Waals surface area (Å²) in [5.41, 5.74) is 4.94. The molecule has 2 amide bonds. The second kappa shape index (κ2) is 6.37. The number of rotatable bonds is 6. The number of nitrogens with one attached hydrogen (secondary N) is 1. The Morgan fingerprint density at radius 2 is 2.00 bits per heavy atom. The molecule has 0 aromatic heterocycles. The first-order valence-electron chi connectivity index (χ1n) is 4.67. The fourth-order valence-electron chi connectivity index (χ4n) is 0.893. The van der Waals surface area contributed by atoms with Crippen LogP contribution < -0.4 is 11.1 Å². The fourth-order valence-corrected chi connectivity index (χ4v) is 0.893. The zero-order chi connectivity index (χ0) is 11.1. The van der Waals surface area contributed by atoms with Crippen molar-refractivity contribution in [3.63, 3.8) is 0 Å². The van der Waals surface area contributed by atoms with E-state index >= 15 is 0 Å². The van der Waals surface area contributed by atoms with Crippen LogP contribution in [0.5, 0.6) is 0 Å². The standard InChI is InChI=1S/C9H18N2O3/c1-6(2)3-4-8(13)11-7(5-12)9(10)14/h6-7,12H,3-5H2,1-2H3,(H2,10,14)(H,11,13)/t7-/m0/s1. The molecule has 4 N–H and O–H groups in total. The molecule has 0 saturated carbocycles. The number of nitrogens with two attached hydrogens (primary N) is 1. The Morgan fingerprint density at radius 1 is 1.43 bits per heavy atom. The Bertz CT molecular complexity index is 204. The SMILES string of the molecule is CC(C)CCC(=O)N[C@@H](CO)C(N)=O. The number of amides is 2. The topological polar surface area (TPSA) is 92.4 Å². The van der Waals surface area contributed by atoms with Gasteiger partial charge in [0.05, 0.1) is 6.61 Å². The van der Waals surface area contributed by atoms with Crippen LogP contribution in [-0.4, -0.2) is 29.6 Å². The molecule has 0 radical (unpaired) electrons. The van der Waals surface area contributed by atoms with Gasteiger partial charge in [-0.3, -0.25) is 9.59 Å². The molecule has 0 aliphatic rings. The second-order valence-electron chi connectivity index (χ2n) is 3.64. The van der Waals surface area contributed by atoms with E-state index in [1.807, 2.05) is 13.8 Å². The van der Waals surface area contributed by atoms with E-state index in [4.69, 9.17) is 10.8 Å². The molecule has 5 nitrogen and oxygen atoms in total. The molecule has 0 bridgehead atoms. The lowest BCUT2D eigenvalue weighted by molar-refractivity contribution is -0.128. The Morgan fingerprint density at radius 3 is 2.36 bits per heavy atom. The Hall–Kier alpha value is -1.10. The summed E-state index contributed by atoms with van der Waals surface area (Å²) in [7, 11) is 0. The van der Waals surface area contributed by atoms with Crippen LogP contribution in [0.4, 0.5) is 0 Å². The summed E-state index contributed by atoms with van der Waals surface area (Å²) in [5.74, 6) is -0.538. The third-order valence-electron chi connectivity index (χ3n) is 1.81. The number of carbonyl (C=O) groups excluding carboxylic acids is 2. The minimum atomic E-state index is -0.963. The van der Waals surface area contributed by atoms with Crippen molar-refractivity contribution < 1.29 is 14.7 Å². The third-order valence-corrected chi connectivity index (χ3v) is 1.81. The minimum Gasteiger partial charge on any atom is -0.394 e. The van der Waals surface area contributed by atoms with Crippen LogP contribution in [0.15, 0.2) is 0 Å². The van der Waals surface area contributed by atoms with E-state index in [-0.39, 0.29) is 5.91 Å². The van der Waals surface area contributed by atoms with E-state index in [2.05, 4.69) is 5.32 Å². The summed E-state index contributed by atoms with van der Waals surface area (Å²) >= 11 is 0. The summed E-state index contributed by atoms with van der Waals surface area (Å²) < 4.78 is 0. The normalized spacial score (nSPS) is 12.6. The quantitative estimate of drug-likeness (QED) is 0.536. The molecule has 1 atom stereocenters. The van der Waals surface area contributed by atoms with Crippen LogP contribution in [0.1, 0.15) is 26.7 Å². The third kappa shape index (κ3) is 5.53. The first kappa shape index (κ1) is 12.9. The lowest BCUT2D eigenvalue weighted by Crippen LogP contribution is -2.46. The highest BCUT2D eigenvalue weighted by Gasteiger charge is 2.16. The van der Waals surface area contributed by atoms with Gasteiger partial charge in [-0.25, -0.2) is 0 Å². The number of carbonyl (C=O) groups is 2. The molecule has 0 aliphatic carbocycles. The van der Waals surface area contributed by atoms with Gasteiger partial charge in [0.2, 0.25) is 11.8 Å². The van der Waals surface area contributed by atoms with Crippen LogP contribution in [0.25, 0.3) is 0 Å². The number of aliphatic hydroxyl groups excluding tert-OH is 1. The van der Waals surface area contributed by atoms with Gasteiger partial charge in [0, 0.05) is 6.42 Å². The van der Waals surface area contributed by atoms with E-state index in [1.54, 1.807) is 0 Å². The lowest BCUT2D eigenvalue weighted by atomic mass is 10.1. The molecule has 0 fully saturated rings. The predicted molar refractivity (Wildman–Crippen MR) is 52.3 cm³/mol. The molecule has 14 heavy (non-hydrogen) atoms. The fraction of sp³-hybridized carbons (Fsp3) is 0.778. The van der Waals surface area contributed by atoms with Crippen LogP contribution in [0.3, 0.4) is 0 Å². The number of aliphatic hydroxyl groups is 1. The zero-order valence-electron chi connectivity index (χ0n) is 8.62. The summed E-state index contributed by atoms with van der Waals surface area (Å²) in [6.07, 6.45) is 1.10. The highest BCUT2D eigenvalue weighted by atomic mass is 16.3. The molecule has 0 unspecified atom stereocenters. The molecule has 0 aromatic rings. The molecule has 0 aliphatic heterocycles. The van der Waals surface area contributed by atoms with Gasteiger partial charge in [0.25, 0.3) is 0 Å². The molecule has 0 heterocycles. The number of primary amides is 1. The summed E-state index contributed by atoms with van der Waals surface area (Å²) in [6.45, 7) is 3.55. The Kier molecular flexibility index (Phi) is 5.87. The van der Waals surface area contributed by atoms with Gasteiger partial charge in [0.15, 0.2) is 0 Å². The Labute approximate surface area is 83.7 Å². The molecule has 5 heteroatoms. The van der Waals surface area contributed by atoms with Gasteiger partial charge in [-0.15, -0.1) is 0 Å². The first-order valence-corrected chi connectivity index (χ1v) is 4.67. The minimum absolute atomic E-state index is 0.253. The van der Waals surface area contributed by atoms with Crippen molar-refractivity contribution in [2.75, 3.05) is 6.61 Å². The van der Waals surface area contributed by atoms with Crippen molar-refractivity contribution in [3.8, 4) is 0 Å². The maximum atomic E-state index is 11.2. The van der Waals surface area contributed by atoms with Gasteiger partial charge >= 0.3 is 0 Å². The van der Waals surface area contributed by atoms with Gasteiger partial charge < -0.3 is 16.2 Å². The van der Waals surface area contributed by atoms with E-state index in [0.29, 0.717) is 12.3 Å². The van der Waals surface area contributed by atoms with E-state index in [1.165, 1.54) is 0 Å². The van der Waals surface area contributed by atoms with Crippen molar-refractivity contribution in [1.82, 2.24) is 5.32 Å². The van der Waals surface area contributed by atoms with Crippen molar-refractivity contribution in [2.45, 2.75) is 32.7 Å². The predicted octanol–water partition coefficient (Wildman–Crippen LogP) is -0.615. The lowest BCUT2D eigenvalue weighted by Gasteiger charge is -2.12. The highest BCUT2D eigenvalue weighted by molar-refractivity contribution is 5.86. The van der Waals surface area contributed by atoms with E-state index in [9.17, 15) is 9.59 Å². The van der Waals surface area contributed by atoms with Crippen molar-refractivity contribution in [1.29, 1.82) is 0 Å². The molecule has 0 aromatic carbocycles. The van der Waals surface area contributed by atoms with Crippen LogP contribution in [-0.2, 0) is 9.59 Å². The molecule has 82 valence electrons. The molecular weight excluding hydrogens is 184 g/mol. The summed E-state index contributed by atoms with van der Waals surface area (Å²) in [4.78, 5) is 21.8. The van der Waals surface area contributed by atoms with E-state index < -0.39 is 18.6 Å². The van der Waals surface area contributed by atoms with Gasteiger partial charge in [-0.2, -0.15) is 0 Å². The second-order valence-corrected chi connectivity index (χ2v) is 3.64. The highest BCUT2D eigenvalue weighted by Crippen LogP contribution is 2.02. The summed E-state index contributed by atoms with van der Waals surface area (Å²) in [5, 5.41) is 11.1. The molecule has 0 rings (SSSR count). The van der Waals surface area contributed by atoms with Crippen LogP contribution in [0, 0.1) is 5.92 Å². The van der Waals surface area contributed by atoms with Crippen molar-refractivity contribution in [2.24, 2.45) is 11.7 Å². The number of hydrogen-bond donors (Lipinski definition) is 3. The summed E-state index contributed by atoms with van der Waals surface area (Å²) in [6, 6.07) is -0.963. The largest absolute Gasteiger partial charge is 0.394 e. The van der Waals surface area contributed by atoms with Gasteiger partial charge in [-0.1, -0.05) is 13.8 Å². The van der Waals surface area contributed by atoms with Crippen molar-refractivity contribution in [3.05, 3.63) is 0 Å². The maximum absolute atomic E-state index is 11.2. The van der Waals surface area contributed by atoms with Gasteiger partial charge in [0.1, 0.15) is 6.04 Å². The van der Waals surface area contributed by atoms with E-state index in [0.717, 1.165) is 6.42 Å². The number of hydrogen-bond acceptors (Lipinski definition) is 3. The molecule has 0 spiro atoms.